The number of rotatable bonds is 5. The Hall–Kier alpha value is -1.60. The fourth-order valence-corrected chi connectivity index (χ4v) is 2.28. The molecule has 0 spiro atoms. The third-order valence-corrected chi connectivity index (χ3v) is 3.19. The lowest BCUT2D eigenvalue weighted by Crippen LogP contribution is -3.04. The fourth-order valence-electron chi connectivity index (χ4n) is 2.28. The minimum absolute atomic E-state index is 1.10. The highest BCUT2D eigenvalue weighted by atomic mass is 15.0. The first-order valence-corrected chi connectivity index (χ1v) is 6.65. The third-order valence-electron chi connectivity index (χ3n) is 3.19. The second-order valence-corrected chi connectivity index (χ2v) is 5.14. The Labute approximate surface area is 110 Å². The number of nitrogens with one attached hydrogen (secondary N) is 1. The fraction of sp³-hybridized carbons (Fsp3) is 0.294. The molecule has 0 radical (unpaired) electrons. The molecule has 2 aromatic carbocycles. The Bertz CT molecular complexity index is 474. The summed E-state index contributed by atoms with van der Waals surface area (Å²) in [5.74, 6) is 0. The topological polar surface area (TPSA) is 4.44 Å². The van der Waals surface area contributed by atoms with Gasteiger partial charge in [-0.15, -0.1) is 0 Å². The summed E-state index contributed by atoms with van der Waals surface area (Å²) in [5.41, 5.74) is 4.39. The van der Waals surface area contributed by atoms with Crippen molar-refractivity contribution in [2.45, 2.75) is 19.4 Å². The highest BCUT2D eigenvalue weighted by Crippen LogP contribution is 2.11. The monoisotopic (exact) mass is 240 g/mol. The highest BCUT2D eigenvalue weighted by molar-refractivity contribution is 5.28. The van der Waals surface area contributed by atoms with Crippen LogP contribution < -0.4 is 4.90 Å². The Morgan fingerprint density at radius 3 is 2.00 bits per heavy atom. The molecule has 0 unspecified atom stereocenters. The summed E-state index contributed by atoms with van der Waals surface area (Å²) in [4.78, 5) is 1.47. The van der Waals surface area contributed by atoms with Gasteiger partial charge < -0.3 is 4.90 Å². The van der Waals surface area contributed by atoms with Crippen molar-refractivity contribution in [3.63, 3.8) is 0 Å². The van der Waals surface area contributed by atoms with Crippen molar-refractivity contribution in [1.82, 2.24) is 0 Å². The van der Waals surface area contributed by atoms with E-state index in [1.807, 2.05) is 0 Å². The molecule has 0 atom stereocenters. The molecule has 94 valence electrons. The van der Waals surface area contributed by atoms with Crippen LogP contribution in [0.4, 0.5) is 0 Å². The molecule has 0 aliphatic heterocycles. The molecule has 0 heterocycles. The van der Waals surface area contributed by atoms with Gasteiger partial charge in [0.25, 0.3) is 0 Å². The van der Waals surface area contributed by atoms with E-state index >= 15 is 0 Å². The van der Waals surface area contributed by atoms with Gasteiger partial charge in [0.2, 0.25) is 0 Å². The van der Waals surface area contributed by atoms with Gasteiger partial charge in [-0.2, -0.15) is 0 Å². The lowest BCUT2D eigenvalue weighted by atomic mass is 9.99. The molecule has 0 saturated carbocycles. The molecule has 1 heteroatoms. The number of hydrogen-bond acceptors (Lipinski definition) is 0. The van der Waals surface area contributed by atoms with Crippen LogP contribution in [0, 0.1) is 0 Å². The molecule has 0 aliphatic rings. The Morgan fingerprint density at radius 2 is 1.33 bits per heavy atom. The molecule has 0 aliphatic carbocycles. The van der Waals surface area contributed by atoms with Crippen LogP contribution in [0.1, 0.15) is 16.7 Å². The quantitative estimate of drug-likeness (QED) is 0.816. The Kier molecular flexibility index (Phi) is 4.54. The number of benzene rings is 2. The van der Waals surface area contributed by atoms with Crippen molar-refractivity contribution in [2.24, 2.45) is 0 Å². The largest absolute Gasteiger partial charge is 0.336 e. The predicted molar refractivity (Wildman–Crippen MR) is 76.8 cm³/mol. The van der Waals surface area contributed by atoms with Gasteiger partial charge in [-0.05, 0) is 24.0 Å². The molecule has 0 saturated heterocycles. The zero-order valence-electron chi connectivity index (χ0n) is 11.3. The Morgan fingerprint density at radius 1 is 0.722 bits per heavy atom. The van der Waals surface area contributed by atoms with E-state index in [-0.39, 0.29) is 0 Å². The molecule has 18 heavy (non-hydrogen) atoms. The SMILES string of the molecule is C[NH+](C)Cc1ccccc1CCc1ccccc1. The maximum absolute atomic E-state index is 2.27. The van der Waals surface area contributed by atoms with Gasteiger partial charge in [0, 0.05) is 5.56 Å². The van der Waals surface area contributed by atoms with Gasteiger partial charge >= 0.3 is 0 Å². The van der Waals surface area contributed by atoms with Crippen molar-refractivity contribution in [3.05, 3.63) is 71.3 Å². The van der Waals surface area contributed by atoms with Crippen LogP contribution in [0.25, 0.3) is 0 Å². The van der Waals surface area contributed by atoms with Gasteiger partial charge in [0.05, 0.1) is 14.1 Å². The zero-order valence-corrected chi connectivity index (χ0v) is 11.3. The van der Waals surface area contributed by atoms with E-state index in [1.165, 1.54) is 21.6 Å². The smallest absolute Gasteiger partial charge is 0.103 e. The average molecular weight is 240 g/mol. The lowest BCUT2D eigenvalue weighted by molar-refractivity contribution is -0.872. The van der Waals surface area contributed by atoms with Crippen LogP contribution in [0.15, 0.2) is 54.6 Å². The summed E-state index contributed by atoms with van der Waals surface area (Å²) in [6.07, 6.45) is 2.26. The van der Waals surface area contributed by atoms with E-state index in [1.54, 1.807) is 0 Å². The zero-order chi connectivity index (χ0) is 12.8. The molecule has 2 aromatic rings. The summed E-state index contributed by atoms with van der Waals surface area (Å²) in [5, 5.41) is 0. The molecule has 0 fully saturated rings. The third kappa shape index (κ3) is 3.71. The van der Waals surface area contributed by atoms with Gasteiger partial charge in [-0.3, -0.25) is 0 Å². The second kappa shape index (κ2) is 6.36. The van der Waals surface area contributed by atoms with Crippen LogP contribution in [-0.2, 0) is 19.4 Å². The van der Waals surface area contributed by atoms with Crippen LogP contribution in [0.3, 0.4) is 0 Å². The maximum Gasteiger partial charge on any atom is 0.103 e. The molecule has 1 N–H and O–H groups in total. The first-order chi connectivity index (χ1) is 8.75. The first kappa shape index (κ1) is 12.8. The first-order valence-electron chi connectivity index (χ1n) is 6.65. The summed E-state index contributed by atoms with van der Waals surface area (Å²) < 4.78 is 0. The van der Waals surface area contributed by atoms with Crippen molar-refractivity contribution in [2.75, 3.05) is 14.1 Å². The van der Waals surface area contributed by atoms with Crippen molar-refractivity contribution >= 4 is 0 Å². The van der Waals surface area contributed by atoms with Crippen molar-refractivity contribution in [1.29, 1.82) is 0 Å². The van der Waals surface area contributed by atoms with Gasteiger partial charge in [0.15, 0.2) is 0 Å². The van der Waals surface area contributed by atoms with E-state index in [2.05, 4.69) is 68.7 Å². The summed E-state index contributed by atoms with van der Waals surface area (Å²) in [7, 11) is 4.40. The average Bonchev–Trinajstić information content (AvgIpc) is 2.38. The number of quaternary nitrogens is 1. The van der Waals surface area contributed by atoms with Crippen LogP contribution >= 0.6 is 0 Å². The lowest BCUT2D eigenvalue weighted by Gasteiger charge is -2.12. The summed E-state index contributed by atoms with van der Waals surface area (Å²) in [6, 6.07) is 19.5. The van der Waals surface area contributed by atoms with Crippen molar-refractivity contribution < 1.29 is 4.90 Å². The number of hydrogen-bond donors (Lipinski definition) is 1. The van der Waals surface area contributed by atoms with E-state index in [9.17, 15) is 0 Å². The van der Waals surface area contributed by atoms with Crippen LogP contribution in [0.5, 0.6) is 0 Å². The minimum Gasteiger partial charge on any atom is -0.336 e. The maximum atomic E-state index is 2.27. The normalized spacial score (nSPS) is 10.8. The van der Waals surface area contributed by atoms with Gasteiger partial charge in [-0.25, -0.2) is 0 Å². The molecule has 0 amide bonds. The highest BCUT2D eigenvalue weighted by Gasteiger charge is 2.05. The van der Waals surface area contributed by atoms with E-state index in [0.29, 0.717) is 0 Å². The van der Waals surface area contributed by atoms with Crippen molar-refractivity contribution in [3.8, 4) is 0 Å². The van der Waals surface area contributed by atoms with E-state index in [0.717, 1.165) is 19.4 Å². The van der Waals surface area contributed by atoms with Crippen LogP contribution in [-0.4, -0.2) is 14.1 Å². The molecular formula is C17H22N+. The molecule has 1 nitrogen and oxygen atoms in total. The molecular weight excluding hydrogens is 218 g/mol. The number of aryl methyl sites for hydroxylation is 2. The Balaban J connectivity index is 2.05. The molecule has 0 bridgehead atoms. The van der Waals surface area contributed by atoms with Gasteiger partial charge in [0.1, 0.15) is 6.54 Å². The standard InChI is InChI=1S/C17H21N/c1-18(2)14-17-11-7-6-10-16(17)13-12-15-8-4-3-5-9-15/h3-11H,12-14H2,1-2H3/p+1. The predicted octanol–water partition coefficient (Wildman–Crippen LogP) is 2.12. The summed E-state index contributed by atoms with van der Waals surface area (Å²) in [6.45, 7) is 1.10. The van der Waals surface area contributed by atoms with Crippen LogP contribution in [0.2, 0.25) is 0 Å². The van der Waals surface area contributed by atoms with E-state index in [4.69, 9.17) is 0 Å². The minimum atomic E-state index is 1.10. The summed E-state index contributed by atoms with van der Waals surface area (Å²) >= 11 is 0. The van der Waals surface area contributed by atoms with E-state index < -0.39 is 0 Å². The molecule has 0 aromatic heterocycles. The van der Waals surface area contributed by atoms with Gasteiger partial charge in [-0.1, -0.05) is 54.6 Å². The second-order valence-electron chi connectivity index (χ2n) is 5.14. The molecule has 2 rings (SSSR count).